The third kappa shape index (κ3) is 3.81. The Hall–Kier alpha value is -0.500. The minimum absolute atomic E-state index is 0.518. The molecule has 1 atom stereocenters. The average Bonchev–Trinajstić information content (AvgIpc) is 2.04. The van der Waals surface area contributed by atoms with E-state index in [1.54, 1.807) is 0 Å². The standard InChI is InChI=1S/C11H15BrO/c1-3-13-11-6-4-5-10(8-11)7-9(2)12/h4-6,8-9H,3,7H2,1-2H3. The van der Waals surface area contributed by atoms with Gasteiger partial charge in [-0.05, 0) is 31.0 Å². The lowest BCUT2D eigenvalue weighted by Gasteiger charge is -2.06. The molecule has 0 aliphatic heterocycles. The van der Waals surface area contributed by atoms with Gasteiger partial charge < -0.3 is 4.74 Å². The fourth-order valence-corrected chi connectivity index (χ4v) is 1.63. The number of hydrogen-bond acceptors (Lipinski definition) is 1. The van der Waals surface area contributed by atoms with E-state index in [0.29, 0.717) is 4.83 Å². The van der Waals surface area contributed by atoms with Crippen molar-refractivity contribution in [2.45, 2.75) is 25.1 Å². The lowest BCUT2D eigenvalue weighted by Crippen LogP contribution is -1.97. The quantitative estimate of drug-likeness (QED) is 0.736. The minimum Gasteiger partial charge on any atom is -0.494 e. The van der Waals surface area contributed by atoms with E-state index in [4.69, 9.17) is 4.74 Å². The van der Waals surface area contributed by atoms with Gasteiger partial charge in [0.15, 0.2) is 0 Å². The lowest BCUT2D eigenvalue weighted by atomic mass is 10.1. The molecule has 0 N–H and O–H groups in total. The first-order valence-corrected chi connectivity index (χ1v) is 5.49. The molecule has 0 fully saturated rings. The summed E-state index contributed by atoms with van der Waals surface area (Å²) in [5.74, 6) is 0.966. The Kier molecular flexibility index (Phi) is 4.29. The predicted molar refractivity (Wildman–Crippen MR) is 59.7 cm³/mol. The Morgan fingerprint density at radius 3 is 2.85 bits per heavy atom. The average molecular weight is 243 g/mol. The number of rotatable bonds is 4. The first-order valence-electron chi connectivity index (χ1n) is 4.58. The van der Waals surface area contributed by atoms with Gasteiger partial charge in [-0.15, -0.1) is 0 Å². The molecular weight excluding hydrogens is 228 g/mol. The van der Waals surface area contributed by atoms with Crippen molar-refractivity contribution in [1.29, 1.82) is 0 Å². The van der Waals surface area contributed by atoms with Crippen molar-refractivity contribution in [3.8, 4) is 5.75 Å². The maximum absolute atomic E-state index is 5.41. The highest BCUT2D eigenvalue weighted by atomic mass is 79.9. The molecule has 2 heteroatoms. The van der Waals surface area contributed by atoms with Crippen molar-refractivity contribution in [2.75, 3.05) is 6.61 Å². The number of hydrogen-bond donors (Lipinski definition) is 0. The van der Waals surface area contributed by atoms with Crippen LogP contribution in [0.1, 0.15) is 19.4 Å². The second-order valence-corrected chi connectivity index (χ2v) is 4.63. The Labute approximate surface area is 88.2 Å². The van der Waals surface area contributed by atoms with Crippen LogP contribution in [0.15, 0.2) is 24.3 Å². The largest absolute Gasteiger partial charge is 0.494 e. The van der Waals surface area contributed by atoms with Crippen LogP contribution in [0.2, 0.25) is 0 Å². The van der Waals surface area contributed by atoms with E-state index in [0.717, 1.165) is 18.8 Å². The maximum atomic E-state index is 5.41. The van der Waals surface area contributed by atoms with Crippen molar-refractivity contribution in [2.24, 2.45) is 0 Å². The number of ether oxygens (including phenoxy) is 1. The van der Waals surface area contributed by atoms with Gasteiger partial charge >= 0.3 is 0 Å². The van der Waals surface area contributed by atoms with E-state index in [-0.39, 0.29) is 0 Å². The minimum atomic E-state index is 0.518. The molecule has 1 nitrogen and oxygen atoms in total. The van der Waals surface area contributed by atoms with E-state index in [1.165, 1.54) is 5.56 Å². The van der Waals surface area contributed by atoms with Crippen molar-refractivity contribution >= 4 is 15.9 Å². The monoisotopic (exact) mass is 242 g/mol. The summed E-state index contributed by atoms with van der Waals surface area (Å²) >= 11 is 3.53. The van der Waals surface area contributed by atoms with Gasteiger partial charge in [0.25, 0.3) is 0 Å². The van der Waals surface area contributed by atoms with Crippen molar-refractivity contribution in [3.05, 3.63) is 29.8 Å². The zero-order chi connectivity index (χ0) is 9.68. The van der Waals surface area contributed by atoms with Crippen LogP contribution in [0.5, 0.6) is 5.75 Å². The van der Waals surface area contributed by atoms with E-state index in [9.17, 15) is 0 Å². The number of benzene rings is 1. The van der Waals surface area contributed by atoms with Gasteiger partial charge in [0.05, 0.1) is 6.61 Å². The summed E-state index contributed by atoms with van der Waals surface area (Å²) in [5.41, 5.74) is 1.32. The molecule has 0 aliphatic carbocycles. The fourth-order valence-electron chi connectivity index (χ4n) is 1.25. The molecule has 0 saturated carbocycles. The third-order valence-electron chi connectivity index (χ3n) is 1.73. The molecule has 72 valence electrons. The molecule has 0 aromatic heterocycles. The summed E-state index contributed by atoms with van der Waals surface area (Å²) in [4.78, 5) is 0.518. The molecular formula is C11H15BrO. The van der Waals surface area contributed by atoms with Gasteiger partial charge in [-0.2, -0.15) is 0 Å². The molecule has 0 heterocycles. The third-order valence-corrected chi connectivity index (χ3v) is 2.05. The summed E-state index contributed by atoms with van der Waals surface area (Å²) in [6, 6.07) is 8.25. The molecule has 1 aromatic rings. The van der Waals surface area contributed by atoms with Gasteiger partial charge in [0.2, 0.25) is 0 Å². The number of alkyl halides is 1. The van der Waals surface area contributed by atoms with E-state index in [2.05, 4.69) is 35.0 Å². The Morgan fingerprint density at radius 2 is 2.23 bits per heavy atom. The molecule has 1 rings (SSSR count). The first-order chi connectivity index (χ1) is 6.22. The zero-order valence-corrected chi connectivity index (χ0v) is 9.67. The SMILES string of the molecule is CCOc1cccc(CC(C)Br)c1. The first kappa shape index (κ1) is 10.6. The van der Waals surface area contributed by atoms with E-state index < -0.39 is 0 Å². The molecule has 1 aromatic carbocycles. The smallest absolute Gasteiger partial charge is 0.119 e. The van der Waals surface area contributed by atoms with Crippen LogP contribution in [0.25, 0.3) is 0 Å². The second kappa shape index (κ2) is 5.28. The van der Waals surface area contributed by atoms with Crippen molar-refractivity contribution < 1.29 is 4.74 Å². The number of halogens is 1. The molecule has 0 aliphatic rings. The molecule has 0 bridgehead atoms. The Balaban J connectivity index is 2.67. The van der Waals surface area contributed by atoms with Gasteiger partial charge in [-0.1, -0.05) is 35.0 Å². The zero-order valence-electron chi connectivity index (χ0n) is 8.09. The highest BCUT2D eigenvalue weighted by Gasteiger charge is 2.00. The highest BCUT2D eigenvalue weighted by molar-refractivity contribution is 9.09. The summed E-state index contributed by atoms with van der Waals surface area (Å²) < 4.78 is 5.41. The van der Waals surface area contributed by atoms with Crippen LogP contribution in [-0.4, -0.2) is 11.4 Å². The van der Waals surface area contributed by atoms with E-state index >= 15 is 0 Å². The van der Waals surface area contributed by atoms with Gasteiger partial charge in [0.1, 0.15) is 5.75 Å². The van der Waals surface area contributed by atoms with Crippen LogP contribution in [0, 0.1) is 0 Å². The molecule has 1 unspecified atom stereocenters. The topological polar surface area (TPSA) is 9.23 Å². The summed E-state index contributed by atoms with van der Waals surface area (Å²) in [6.45, 7) is 4.88. The van der Waals surface area contributed by atoms with Gasteiger partial charge in [-0.3, -0.25) is 0 Å². The summed E-state index contributed by atoms with van der Waals surface area (Å²) in [6.07, 6.45) is 1.04. The van der Waals surface area contributed by atoms with Crippen LogP contribution in [0.4, 0.5) is 0 Å². The Bertz CT molecular complexity index is 258. The Morgan fingerprint density at radius 1 is 1.46 bits per heavy atom. The lowest BCUT2D eigenvalue weighted by molar-refractivity contribution is 0.340. The van der Waals surface area contributed by atoms with Gasteiger partial charge in [-0.25, -0.2) is 0 Å². The van der Waals surface area contributed by atoms with Gasteiger partial charge in [0, 0.05) is 4.83 Å². The summed E-state index contributed by atoms with van der Waals surface area (Å²) in [5, 5.41) is 0. The van der Waals surface area contributed by atoms with Crippen molar-refractivity contribution in [1.82, 2.24) is 0 Å². The van der Waals surface area contributed by atoms with Crippen LogP contribution >= 0.6 is 15.9 Å². The normalized spacial score (nSPS) is 12.5. The maximum Gasteiger partial charge on any atom is 0.119 e. The summed E-state index contributed by atoms with van der Waals surface area (Å²) in [7, 11) is 0. The second-order valence-electron chi connectivity index (χ2n) is 3.07. The molecule has 13 heavy (non-hydrogen) atoms. The van der Waals surface area contributed by atoms with Crippen LogP contribution in [-0.2, 0) is 6.42 Å². The van der Waals surface area contributed by atoms with E-state index in [1.807, 2.05) is 19.1 Å². The van der Waals surface area contributed by atoms with Crippen molar-refractivity contribution in [3.63, 3.8) is 0 Å². The van der Waals surface area contributed by atoms with Crippen LogP contribution in [0.3, 0.4) is 0 Å². The molecule has 0 radical (unpaired) electrons. The molecule has 0 spiro atoms. The predicted octanol–water partition coefficient (Wildman–Crippen LogP) is 3.41. The molecule has 0 saturated heterocycles. The fraction of sp³-hybridized carbons (Fsp3) is 0.455. The van der Waals surface area contributed by atoms with Crippen LogP contribution < -0.4 is 4.74 Å². The highest BCUT2D eigenvalue weighted by Crippen LogP contribution is 2.16. The molecule has 0 amide bonds.